The molecule has 0 radical (unpaired) electrons. The number of aliphatic hydroxyl groups is 1. The van der Waals surface area contributed by atoms with E-state index in [1.54, 1.807) is 11.8 Å². The van der Waals surface area contributed by atoms with Crippen molar-refractivity contribution in [2.45, 2.75) is 24.4 Å². The van der Waals surface area contributed by atoms with E-state index in [0.29, 0.717) is 0 Å². The molecule has 1 aromatic rings. The minimum atomic E-state index is 0.0407. The van der Waals surface area contributed by atoms with Crippen molar-refractivity contribution < 1.29 is 5.11 Å². The maximum absolute atomic E-state index is 8.61. The monoisotopic (exact) mass is 212 g/mol. The lowest BCUT2D eigenvalue weighted by molar-refractivity contribution is 0.296. The second-order valence-electron chi connectivity index (χ2n) is 3.14. The molecule has 0 amide bonds. The van der Waals surface area contributed by atoms with E-state index in [2.05, 4.69) is 4.98 Å². The highest BCUT2D eigenvalue weighted by atomic mass is 32.2. The van der Waals surface area contributed by atoms with Gasteiger partial charge in [-0.3, -0.25) is 0 Å². The predicted octanol–water partition coefficient (Wildman–Crippen LogP) is 1.58. The van der Waals surface area contributed by atoms with Crippen LogP contribution in [0.1, 0.15) is 24.9 Å². The first-order valence-electron chi connectivity index (χ1n) is 4.69. The molecule has 0 saturated carbocycles. The molecule has 3 N–H and O–H groups in total. The number of hydrogen-bond donors (Lipinski definition) is 2. The third-order valence-electron chi connectivity index (χ3n) is 1.84. The van der Waals surface area contributed by atoms with Crippen LogP contribution in [0.5, 0.6) is 0 Å². The lowest BCUT2D eigenvalue weighted by Gasteiger charge is -2.05. The largest absolute Gasteiger partial charge is 0.396 e. The molecule has 78 valence electrons. The summed E-state index contributed by atoms with van der Waals surface area (Å²) in [5.74, 6) is 0.904. The molecule has 0 bridgehead atoms. The molecule has 0 aliphatic rings. The van der Waals surface area contributed by atoms with E-state index in [9.17, 15) is 0 Å². The van der Waals surface area contributed by atoms with Crippen LogP contribution in [0.3, 0.4) is 0 Å². The number of thioether (sulfide) groups is 1. The number of rotatable bonds is 5. The Labute approximate surface area is 88.7 Å². The molecule has 1 atom stereocenters. The summed E-state index contributed by atoms with van der Waals surface area (Å²) in [6, 6.07) is 4.01. The molecule has 0 fully saturated rings. The van der Waals surface area contributed by atoms with Crippen molar-refractivity contribution in [1.29, 1.82) is 0 Å². The van der Waals surface area contributed by atoms with Crippen LogP contribution in [0, 0.1) is 0 Å². The van der Waals surface area contributed by atoms with E-state index in [-0.39, 0.29) is 12.6 Å². The van der Waals surface area contributed by atoms with E-state index in [1.165, 1.54) is 0 Å². The van der Waals surface area contributed by atoms with Gasteiger partial charge in [-0.15, -0.1) is 11.8 Å². The molecule has 0 unspecified atom stereocenters. The zero-order chi connectivity index (χ0) is 10.4. The second-order valence-corrected chi connectivity index (χ2v) is 4.26. The summed E-state index contributed by atoms with van der Waals surface area (Å²) in [5.41, 5.74) is 6.76. The summed E-state index contributed by atoms with van der Waals surface area (Å²) in [4.78, 5) is 4.27. The highest BCUT2D eigenvalue weighted by molar-refractivity contribution is 7.99. The van der Waals surface area contributed by atoms with Gasteiger partial charge in [0.25, 0.3) is 0 Å². The van der Waals surface area contributed by atoms with Crippen molar-refractivity contribution in [3.8, 4) is 0 Å². The van der Waals surface area contributed by atoms with E-state index < -0.39 is 0 Å². The van der Waals surface area contributed by atoms with Gasteiger partial charge in [0.2, 0.25) is 0 Å². The molecule has 0 aliphatic carbocycles. The van der Waals surface area contributed by atoms with Crippen molar-refractivity contribution in [3.05, 3.63) is 23.9 Å². The van der Waals surface area contributed by atoms with E-state index >= 15 is 0 Å². The van der Waals surface area contributed by atoms with Crippen LogP contribution in [0.25, 0.3) is 0 Å². The summed E-state index contributed by atoms with van der Waals surface area (Å²) >= 11 is 1.65. The van der Waals surface area contributed by atoms with Crippen LogP contribution in [0.2, 0.25) is 0 Å². The SMILES string of the molecule is C[C@@H](N)c1ccc(SCCCO)nc1. The van der Waals surface area contributed by atoms with Gasteiger partial charge in [-0.25, -0.2) is 4.98 Å². The highest BCUT2D eigenvalue weighted by Gasteiger charge is 2.00. The average Bonchev–Trinajstić information content (AvgIpc) is 2.19. The number of nitrogens with two attached hydrogens (primary N) is 1. The van der Waals surface area contributed by atoms with Crippen molar-refractivity contribution in [3.63, 3.8) is 0 Å². The first-order chi connectivity index (χ1) is 6.74. The molecule has 3 nitrogen and oxygen atoms in total. The number of nitrogens with zero attached hydrogens (tertiary/aromatic N) is 1. The van der Waals surface area contributed by atoms with Gasteiger partial charge >= 0.3 is 0 Å². The Morgan fingerprint density at radius 2 is 2.36 bits per heavy atom. The summed E-state index contributed by atoms with van der Waals surface area (Å²) < 4.78 is 0. The fraction of sp³-hybridized carbons (Fsp3) is 0.500. The van der Waals surface area contributed by atoms with E-state index in [0.717, 1.165) is 22.8 Å². The molecular formula is C10H16N2OS. The standard InChI is InChI=1S/C10H16N2OS/c1-8(11)9-3-4-10(12-7-9)14-6-2-5-13/h3-4,7-8,13H,2,5-6,11H2,1H3/t8-/m1/s1. The van der Waals surface area contributed by atoms with Gasteiger partial charge in [0, 0.05) is 24.6 Å². The van der Waals surface area contributed by atoms with Crippen molar-refractivity contribution >= 4 is 11.8 Å². The second kappa shape index (κ2) is 6.01. The topological polar surface area (TPSA) is 59.1 Å². The fourth-order valence-corrected chi connectivity index (χ4v) is 1.76. The number of aliphatic hydroxyl groups excluding tert-OH is 1. The van der Waals surface area contributed by atoms with Crippen LogP contribution in [0.15, 0.2) is 23.4 Å². The van der Waals surface area contributed by atoms with Crippen molar-refractivity contribution in [2.24, 2.45) is 5.73 Å². The molecule has 1 heterocycles. The Hall–Kier alpha value is -0.580. The maximum atomic E-state index is 8.61. The third kappa shape index (κ3) is 3.65. The average molecular weight is 212 g/mol. The Morgan fingerprint density at radius 1 is 1.57 bits per heavy atom. The number of pyridine rings is 1. The molecule has 14 heavy (non-hydrogen) atoms. The molecular weight excluding hydrogens is 196 g/mol. The Kier molecular flexibility index (Phi) is 4.93. The van der Waals surface area contributed by atoms with Crippen LogP contribution in [0.4, 0.5) is 0 Å². The predicted molar refractivity (Wildman–Crippen MR) is 59.3 cm³/mol. The van der Waals surface area contributed by atoms with Crippen LogP contribution in [-0.2, 0) is 0 Å². The molecule has 4 heteroatoms. The molecule has 0 spiro atoms. The van der Waals surface area contributed by atoms with Gasteiger partial charge < -0.3 is 10.8 Å². The zero-order valence-electron chi connectivity index (χ0n) is 8.31. The lowest BCUT2D eigenvalue weighted by Crippen LogP contribution is -2.05. The molecule has 0 aliphatic heterocycles. The summed E-state index contributed by atoms with van der Waals surface area (Å²) in [5, 5.41) is 9.60. The Balaban J connectivity index is 2.47. The maximum Gasteiger partial charge on any atom is 0.0960 e. The molecule has 1 rings (SSSR count). The normalized spacial score (nSPS) is 12.8. The van der Waals surface area contributed by atoms with Gasteiger partial charge in [-0.1, -0.05) is 6.07 Å². The van der Waals surface area contributed by atoms with Gasteiger partial charge in [0.05, 0.1) is 5.03 Å². The molecule has 0 aromatic carbocycles. The van der Waals surface area contributed by atoms with Crippen molar-refractivity contribution in [2.75, 3.05) is 12.4 Å². The molecule has 0 saturated heterocycles. The quantitative estimate of drug-likeness (QED) is 0.574. The van der Waals surface area contributed by atoms with Crippen LogP contribution >= 0.6 is 11.8 Å². The van der Waals surface area contributed by atoms with Gasteiger partial charge in [0.1, 0.15) is 0 Å². The van der Waals surface area contributed by atoms with Crippen LogP contribution < -0.4 is 5.73 Å². The summed E-state index contributed by atoms with van der Waals surface area (Å²) in [7, 11) is 0. The fourth-order valence-electron chi connectivity index (χ4n) is 0.988. The number of aromatic nitrogens is 1. The lowest BCUT2D eigenvalue weighted by atomic mass is 10.2. The summed E-state index contributed by atoms with van der Waals surface area (Å²) in [6.45, 7) is 2.18. The highest BCUT2D eigenvalue weighted by Crippen LogP contribution is 2.17. The third-order valence-corrected chi connectivity index (χ3v) is 2.87. The minimum absolute atomic E-state index is 0.0407. The van der Waals surface area contributed by atoms with Crippen LogP contribution in [-0.4, -0.2) is 22.5 Å². The Bertz CT molecular complexity index is 261. The summed E-state index contributed by atoms with van der Waals surface area (Å²) in [6.07, 6.45) is 2.62. The molecule has 1 aromatic heterocycles. The van der Waals surface area contributed by atoms with Crippen molar-refractivity contribution in [1.82, 2.24) is 4.98 Å². The first kappa shape index (κ1) is 11.5. The minimum Gasteiger partial charge on any atom is -0.396 e. The van der Waals surface area contributed by atoms with Gasteiger partial charge in [-0.2, -0.15) is 0 Å². The number of hydrogen-bond acceptors (Lipinski definition) is 4. The zero-order valence-corrected chi connectivity index (χ0v) is 9.13. The van der Waals surface area contributed by atoms with Gasteiger partial charge in [0.15, 0.2) is 0 Å². The van der Waals surface area contributed by atoms with E-state index in [4.69, 9.17) is 10.8 Å². The Morgan fingerprint density at radius 3 is 2.86 bits per heavy atom. The smallest absolute Gasteiger partial charge is 0.0960 e. The first-order valence-corrected chi connectivity index (χ1v) is 5.68. The van der Waals surface area contributed by atoms with Gasteiger partial charge in [-0.05, 0) is 25.0 Å². The van der Waals surface area contributed by atoms with E-state index in [1.807, 2.05) is 25.3 Å².